The maximum absolute atomic E-state index is 13.1. The monoisotopic (exact) mass is 366 g/mol. The van der Waals surface area contributed by atoms with E-state index in [-0.39, 0.29) is 23.7 Å². The minimum atomic E-state index is -2.80. The number of carbonyl (C=O) groups is 2. The van der Waals surface area contributed by atoms with Crippen LogP contribution in [0.15, 0.2) is 30.5 Å². The first-order valence-electron chi connectivity index (χ1n) is 7.99. The molecule has 7 nitrogen and oxygen atoms in total. The summed E-state index contributed by atoms with van der Waals surface area (Å²) in [6, 6.07) is 5.31. The van der Waals surface area contributed by atoms with E-state index in [0.29, 0.717) is 12.1 Å². The number of nitrogens with zero attached hydrogens (tertiary/aromatic N) is 2. The molecule has 2 aromatic rings. The van der Waals surface area contributed by atoms with Gasteiger partial charge in [-0.2, -0.15) is 5.10 Å². The number of amides is 2. The van der Waals surface area contributed by atoms with Crippen LogP contribution in [-0.4, -0.2) is 26.9 Å². The number of urea groups is 1. The number of nitrogens with one attached hydrogen (secondary N) is 2. The molecule has 3 N–H and O–H groups in total. The molecule has 0 aliphatic rings. The Kier molecular flexibility index (Phi) is 6.26. The lowest BCUT2D eigenvalue weighted by Gasteiger charge is -2.08. The molecule has 1 aromatic carbocycles. The second-order valence-electron chi connectivity index (χ2n) is 6.15. The molecule has 0 bridgehead atoms. The van der Waals surface area contributed by atoms with Crippen molar-refractivity contribution in [3.05, 3.63) is 47.3 Å². The standard InChI is InChI=1S/C17H20F2N4O3/c1-10(2)8-23-9-13(14(22-23)15(18)19)21-17(26)20-7-11-3-5-12(6-4-11)16(24)25/h3-6,9-10,15H,7-8H2,1-2H3,(H,24,25)(H2,20,21,26). The molecule has 0 fully saturated rings. The van der Waals surface area contributed by atoms with E-state index >= 15 is 0 Å². The minimum absolute atomic E-state index is 0.0422. The second kappa shape index (κ2) is 8.41. The molecule has 0 aliphatic carbocycles. The Hall–Kier alpha value is -2.97. The zero-order valence-electron chi connectivity index (χ0n) is 14.4. The molecule has 26 heavy (non-hydrogen) atoms. The van der Waals surface area contributed by atoms with Gasteiger partial charge in [0, 0.05) is 19.3 Å². The van der Waals surface area contributed by atoms with Gasteiger partial charge in [-0.15, -0.1) is 0 Å². The number of anilines is 1. The number of rotatable bonds is 7. The van der Waals surface area contributed by atoms with Gasteiger partial charge in [0.15, 0.2) is 5.69 Å². The number of benzene rings is 1. The van der Waals surface area contributed by atoms with Crippen molar-refractivity contribution in [1.29, 1.82) is 0 Å². The van der Waals surface area contributed by atoms with E-state index in [1.807, 2.05) is 13.8 Å². The van der Waals surface area contributed by atoms with Crippen molar-refractivity contribution in [2.45, 2.75) is 33.4 Å². The van der Waals surface area contributed by atoms with Crippen molar-refractivity contribution in [3.63, 3.8) is 0 Å². The molecule has 1 aromatic heterocycles. The summed E-state index contributed by atoms with van der Waals surface area (Å²) >= 11 is 0. The molecule has 0 radical (unpaired) electrons. The smallest absolute Gasteiger partial charge is 0.335 e. The summed E-state index contributed by atoms with van der Waals surface area (Å²) in [5, 5.41) is 17.6. The van der Waals surface area contributed by atoms with Crippen LogP contribution in [-0.2, 0) is 13.1 Å². The van der Waals surface area contributed by atoms with E-state index in [1.54, 1.807) is 12.1 Å². The fraction of sp³-hybridized carbons (Fsp3) is 0.353. The van der Waals surface area contributed by atoms with Crippen LogP contribution in [0.3, 0.4) is 0 Å². The highest BCUT2D eigenvalue weighted by molar-refractivity contribution is 5.90. The molecule has 0 unspecified atom stereocenters. The number of alkyl halides is 2. The van der Waals surface area contributed by atoms with Crippen LogP contribution < -0.4 is 10.6 Å². The maximum atomic E-state index is 13.1. The molecule has 1 heterocycles. The summed E-state index contributed by atoms with van der Waals surface area (Å²) in [6.45, 7) is 4.44. The molecule has 9 heteroatoms. The Morgan fingerprint density at radius 3 is 2.42 bits per heavy atom. The van der Waals surface area contributed by atoms with Crippen molar-refractivity contribution in [1.82, 2.24) is 15.1 Å². The first-order valence-corrected chi connectivity index (χ1v) is 7.99. The van der Waals surface area contributed by atoms with Crippen LogP contribution in [0.4, 0.5) is 19.3 Å². The van der Waals surface area contributed by atoms with Gasteiger partial charge >= 0.3 is 12.0 Å². The number of hydrogen-bond donors (Lipinski definition) is 3. The van der Waals surface area contributed by atoms with Gasteiger partial charge in [0.05, 0.1) is 11.3 Å². The third-order valence-corrected chi connectivity index (χ3v) is 3.45. The van der Waals surface area contributed by atoms with Gasteiger partial charge < -0.3 is 15.7 Å². The van der Waals surface area contributed by atoms with Crippen LogP contribution >= 0.6 is 0 Å². The predicted octanol–water partition coefficient (Wildman–Crippen LogP) is 3.50. The van der Waals surface area contributed by atoms with Crippen LogP contribution in [0.1, 0.15) is 41.9 Å². The normalized spacial score (nSPS) is 11.0. The quantitative estimate of drug-likeness (QED) is 0.699. The molecular weight excluding hydrogens is 346 g/mol. The van der Waals surface area contributed by atoms with Gasteiger partial charge in [0.1, 0.15) is 0 Å². The summed E-state index contributed by atoms with van der Waals surface area (Å²) in [4.78, 5) is 22.8. The van der Waals surface area contributed by atoms with Crippen LogP contribution in [0.25, 0.3) is 0 Å². The highest BCUT2D eigenvalue weighted by Crippen LogP contribution is 2.25. The van der Waals surface area contributed by atoms with E-state index in [1.165, 1.54) is 23.0 Å². The Labute approximate surface area is 149 Å². The lowest BCUT2D eigenvalue weighted by molar-refractivity contribution is 0.0696. The highest BCUT2D eigenvalue weighted by Gasteiger charge is 2.20. The first-order chi connectivity index (χ1) is 12.3. The van der Waals surface area contributed by atoms with E-state index in [4.69, 9.17) is 5.11 Å². The van der Waals surface area contributed by atoms with E-state index < -0.39 is 24.1 Å². The Morgan fingerprint density at radius 1 is 1.23 bits per heavy atom. The average Bonchev–Trinajstić information content (AvgIpc) is 2.95. The summed E-state index contributed by atoms with van der Waals surface area (Å²) < 4.78 is 27.6. The number of aromatic carboxylic acids is 1. The van der Waals surface area contributed by atoms with Gasteiger partial charge in [-0.25, -0.2) is 18.4 Å². The fourth-order valence-corrected chi connectivity index (χ4v) is 2.28. The lowest BCUT2D eigenvalue weighted by atomic mass is 10.1. The number of hydrogen-bond acceptors (Lipinski definition) is 3. The third kappa shape index (κ3) is 5.27. The molecule has 140 valence electrons. The van der Waals surface area contributed by atoms with E-state index in [9.17, 15) is 18.4 Å². The number of carbonyl (C=O) groups excluding carboxylic acids is 1. The van der Waals surface area contributed by atoms with Gasteiger partial charge in [-0.1, -0.05) is 26.0 Å². The Balaban J connectivity index is 1.98. The molecule has 0 saturated carbocycles. The number of aromatic nitrogens is 2. The van der Waals surface area contributed by atoms with Gasteiger partial charge in [0.25, 0.3) is 6.43 Å². The molecule has 0 saturated heterocycles. The average molecular weight is 366 g/mol. The minimum Gasteiger partial charge on any atom is -0.478 e. The maximum Gasteiger partial charge on any atom is 0.335 e. The summed E-state index contributed by atoms with van der Waals surface area (Å²) in [7, 11) is 0. The SMILES string of the molecule is CC(C)Cn1cc(NC(=O)NCc2ccc(C(=O)O)cc2)c(C(F)F)n1. The second-order valence-corrected chi connectivity index (χ2v) is 6.15. The third-order valence-electron chi connectivity index (χ3n) is 3.45. The van der Waals surface area contributed by atoms with Crippen LogP contribution in [0.5, 0.6) is 0 Å². The topological polar surface area (TPSA) is 96.2 Å². The molecule has 2 amide bonds. The van der Waals surface area contributed by atoms with Gasteiger partial charge in [0.2, 0.25) is 0 Å². The largest absolute Gasteiger partial charge is 0.478 e. The summed E-state index contributed by atoms with van der Waals surface area (Å²) in [6.07, 6.45) is -1.43. The van der Waals surface area contributed by atoms with Crippen molar-refractivity contribution in [2.24, 2.45) is 5.92 Å². The van der Waals surface area contributed by atoms with Crippen molar-refractivity contribution < 1.29 is 23.5 Å². The fourth-order valence-electron chi connectivity index (χ4n) is 2.28. The Morgan fingerprint density at radius 2 is 1.88 bits per heavy atom. The Bertz CT molecular complexity index is 773. The summed E-state index contributed by atoms with van der Waals surface area (Å²) in [5.74, 6) is -0.823. The number of halogens is 2. The summed E-state index contributed by atoms with van der Waals surface area (Å²) in [5.41, 5.74) is 0.290. The molecule has 0 atom stereocenters. The van der Waals surface area contributed by atoms with Gasteiger partial charge in [-0.3, -0.25) is 4.68 Å². The first kappa shape index (κ1) is 19.4. The molecular formula is C17H20F2N4O3. The van der Waals surface area contributed by atoms with Crippen molar-refractivity contribution in [3.8, 4) is 0 Å². The zero-order chi connectivity index (χ0) is 19.3. The predicted molar refractivity (Wildman–Crippen MR) is 91.3 cm³/mol. The number of carboxylic acid groups (broad SMARTS) is 1. The molecule has 0 aliphatic heterocycles. The molecule has 0 spiro atoms. The number of carboxylic acids is 1. The lowest BCUT2D eigenvalue weighted by Crippen LogP contribution is -2.28. The van der Waals surface area contributed by atoms with Crippen LogP contribution in [0.2, 0.25) is 0 Å². The van der Waals surface area contributed by atoms with E-state index in [2.05, 4.69) is 15.7 Å². The van der Waals surface area contributed by atoms with Crippen molar-refractivity contribution >= 4 is 17.7 Å². The van der Waals surface area contributed by atoms with Crippen LogP contribution in [0, 0.1) is 5.92 Å². The highest BCUT2D eigenvalue weighted by atomic mass is 19.3. The van der Waals surface area contributed by atoms with Gasteiger partial charge in [-0.05, 0) is 23.6 Å². The van der Waals surface area contributed by atoms with Crippen molar-refractivity contribution in [2.75, 3.05) is 5.32 Å². The van der Waals surface area contributed by atoms with E-state index in [0.717, 1.165) is 0 Å². The molecule has 2 rings (SSSR count). The zero-order valence-corrected chi connectivity index (χ0v) is 14.4.